The zero-order chi connectivity index (χ0) is 10.4. The molecule has 0 aliphatic carbocycles. The van der Waals surface area contributed by atoms with Gasteiger partial charge in [0.1, 0.15) is 5.78 Å². The van der Waals surface area contributed by atoms with Crippen molar-refractivity contribution < 1.29 is 4.79 Å². The number of hydrogen-bond acceptors (Lipinski definition) is 2. The van der Waals surface area contributed by atoms with Crippen LogP contribution in [0.15, 0.2) is 11.6 Å². The van der Waals surface area contributed by atoms with E-state index in [9.17, 15) is 4.79 Å². The number of rotatable bonds is 4. The van der Waals surface area contributed by atoms with E-state index in [1.165, 1.54) is 12.0 Å². The molecule has 14 heavy (non-hydrogen) atoms. The number of unbranched alkanes of at least 4 members (excludes halogenated alkanes) is 1. The van der Waals surface area contributed by atoms with E-state index in [1.807, 2.05) is 0 Å². The maximum absolute atomic E-state index is 11.2. The third-order valence-corrected chi connectivity index (χ3v) is 2.62. The molecule has 80 valence electrons. The van der Waals surface area contributed by atoms with Crippen LogP contribution in [0.5, 0.6) is 0 Å². The fourth-order valence-electron chi connectivity index (χ4n) is 1.82. The summed E-state index contributed by atoms with van der Waals surface area (Å²) in [5, 5.41) is 3.40. The van der Waals surface area contributed by atoms with Crippen LogP contribution >= 0.6 is 0 Å². The number of carbonyl (C=O) groups is 1. The molecule has 0 saturated carbocycles. The first-order chi connectivity index (χ1) is 6.68. The van der Waals surface area contributed by atoms with Crippen LogP contribution in [0.1, 0.15) is 46.0 Å². The highest BCUT2D eigenvalue weighted by atomic mass is 16.1. The van der Waals surface area contributed by atoms with E-state index in [0.29, 0.717) is 11.8 Å². The van der Waals surface area contributed by atoms with Crippen LogP contribution in [0.2, 0.25) is 0 Å². The van der Waals surface area contributed by atoms with Crippen LogP contribution in [0, 0.1) is 0 Å². The van der Waals surface area contributed by atoms with Gasteiger partial charge in [0.15, 0.2) is 0 Å². The molecule has 0 aromatic rings. The third kappa shape index (κ3) is 4.56. The molecule has 0 aromatic carbocycles. The number of carbonyl (C=O) groups excluding carboxylic acids is 1. The van der Waals surface area contributed by atoms with Gasteiger partial charge in [0.25, 0.3) is 0 Å². The van der Waals surface area contributed by atoms with Gasteiger partial charge in [-0.2, -0.15) is 0 Å². The highest BCUT2D eigenvalue weighted by Crippen LogP contribution is 2.11. The first-order valence-electron chi connectivity index (χ1n) is 5.57. The minimum Gasteiger partial charge on any atom is -0.313 e. The molecule has 1 atom stereocenters. The minimum atomic E-state index is 0.427. The van der Waals surface area contributed by atoms with Gasteiger partial charge in [0, 0.05) is 25.4 Å². The van der Waals surface area contributed by atoms with Crippen molar-refractivity contribution in [3.05, 3.63) is 11.6 Å². The lowest BCUT2D eigenvalue weighted by molar-refractivity contribution is -0.120. The van der Waals surface area contributed by atoms with Gasteiger partial charge >= 0.3 is 0 Å². The van der Waals surface area contributed by atoms with Crippen molar-refractivity contribution in [1.29, 1.82) is 0 Å². The van der Waals surface area contributed by atoms with Gasteiger partial charge in [-0.15, -0.1) is 0 Å². The summed E-state index contributed by atoms with van der Waals surface area (Å²) in [7, 11) is 0. The lowest BCUT2D eigenvalue weighted by Crippen LogP contribution is -2.38. The Morgan fingerprint density at radius 3 is 3.00 bits per heavy atom. The van der Waals surface area contributed by atoms with Crippen molar-refractivity contribution in [3.8, 4) is 0 Å². The molecular formula is C12H21NO. The molecule has 1 unspecified atom stereocenters. The zero-order valence-corrected chi connectivity index (χ0v) is 9.31. The number of hydrogen-bond donors (Lipinski definition) is 1. The number of nitrogens with one attached hydrogen (secondary N) is 1. The number of ketones is 1. The predicted octanol–water partition coefficient (Wildman–Crippen LogP) is 2.44. The molecule has 2 nitrogen and oxygen atoms in total. The van der Waals surface area contributed by atoms with E-state index in [4.69, 9.17) is 0 Å². The van der Waals surface area contributed by atoms with E-state index >= 15 is 0 Å². The molecule has 1 aliphatic heterocycles. The van der Waals surface area contributed by atoms with Crippen molar-refractivity contribution in [2.45, 2.75) is 52.0 Å². The SMILES string of the molecule is CC(C)=CCCCC1CC(=O)CCN1. The van der Waals surface area contributed by atoms with E-state index in [1.54, 1.807) is 0 Å². The molecule has 1 N–H and O–H groups in total. The number of allylic oxidation sites excluding steroid dienone is 2. The first-order valence-corrected chi connectivity index (χ1v) is 5.57. The molecule has 0 spiro atoms. The van der Waals surface area contributed by atoms with Gasteiger partial charge in [-0.05, 0) is 33.1 Å². The Kier molecular flexibility index (Phi) is 4.88. The van der Waals surface area contributed by atoms with Crippen molar-refractivity contribution in [2.24, 2.45) is 0 Å². The van der Waals surface area contributed by atoms with Gasteiger partial charge in [-0.3, -0.25) is 4.79 Å². The second kappa shape index (κ2) is 5.97. The molecule has 0 radical (unpaired) electrons. The number of Topliss-reactive ketones (excluding diaryl/α,β-unsaturated/α-hetero) is 1. The second-order valence-corrected chi connectivity index (χ2v) is 4.36. The second-order valence-electron chi connectivity index (χ2n) is 4.36. The van der Waals surface area contributed by atoms with E-state index < -0.39 is 0 Å². The molecule has 1 fully saturated rings. The fraction of sp³-hybridized carbons (Fsp3) is 0.750. The lowest BCUT2D eigenvalue weighted by atomic mass is 9.98. The summed E-state index contributed by atoms with van der Waals surface area (Å²) in [6.45, 7) is 5.14. The number of piperidine rings is 1. The molecule has 1 heterocycles. The normalized spacial score (nSPS) is 22.1. The van der Waals surface area contributed by atoms with Crippen molar-refractivity contribution in [3.63, 3.8) is 0 Å². The molecule has 1 rings (SSSR count). The summed E-state index contributed by atoms with van der Waals surface area (Å²) < 4.78 is 0. The Morgan fingerprint density at radius 1 is 1.57 bits per heavy atom. The summed E-state index contributed by atoms with van der Waals surface area (Å²) in [5.74, 6) is 0.427. The van der Waals surface area contributed by atoms with Crippen LogP contribution in [0.25, 0.3) is 0 Å². The predicted molar refractivity (Wildman–Crippen MR) is 59.3 cm³/mol. The maximum atomic E-state index is 11.2. The maximum Gasteiger partial charge on any atom is 0.135 e. The van der Waals surface area contributed by atoms with Crippen molar-refractivity contribution in [2.75, 3.05) is 6.54 Å². The highest BCUT2D eigenvalue weighted by Gasteiger charge is 2.17. The Morgan fingerprint density at radius 2 is 2.36 bits per heavy atom. The standard InChI is InChI=1S/C12H21NO/c1-10(2)5-3-4-6-11-9-12(14)7-8-13-11/h5,11,13H,3-4,6-9H2,1-2H3. The molecular weight excluding hydrogens is 174 g/mol. The van der Waals surface area contributed by atoms with Crippen LogP contribution in [0.4, 0.5) is 0 Å². The fourth-order valence-corrected chi connectivity index (χ4v) is 1.82. The molecule has 1 aliphatic rings. The molecule has 1 saturated heterocycles. The van der Waals surface area contributed by atoms with E-state index in [2.05, 4.69) is 25.2 Å². The summed E-state index contributed by atoms with van der Waals surface area (Å²) >= 11 is 0. The zero-order valence-electron chi connectivity index (χ0n) is 9.31. The average molecular weight is 195 g/mol. The van der Waals surface area contributed by atoms with Gasteiger partial charge in [0.2, 0.25) is 0 Å². The van der Waals surface area contributed by atoms with Crippen molar-refractivity contribution in [1.82, 2.24) is 5.32 Å². The summed E-state index contributed by atoms with van der Waals surface area (Å²) in [6, 6.07) is 0.446. The van der Waals surface area contributed by atoms with Gasteiger partial charge in [0.05, 0.1) is 0 Å². The molecule has 0 amide bonds. The Bertz CT molecular complexity index is 216. The molecule has 2 heteroatoms. The largest absolute Gasteiger partial charge is 0.313 e. The van der Waals surface area contributed by atoms with Crippen LogP contribution in [-0.2, 0) is 4.79 Å². The minimum absolute atomic E-state index is 0.427. The smallest absolute Gasteiger partial charge is 0.135 e. The Hall–Kier alpha value is -0.630. The van der Waals surface area contributed by atoms with Gasteiger partial charge in [-0.25, -0.2) is 0 Å². The molecule has 0 bridgehead atoms. The Balaban J connectivity index is 2.12. The highest BCUT2D eigenvalue weighted by molar-refractivity contribution is 5.79. The monoisotopic (exact) mass is 195 g/mol. The third-order valence-electron chi connectivity index (χ3n) is 2.62. The van der Waals surface area contributed by atoms with Crippen molar-refractivity contribution >= 4 is 5.78 Å². The average Bonchev–Trinajstić information content (AvgIpc) is 2.12. The quantitative estimate of drug-likeness (QED) is 0.551. The van der Waals surface area contributed by atoms with Crippen LogP contribution < -0.4 is 5.32 Å². The summed E-state index contributed by atoms with van der Waals surface area (Å²) in [4.78, 5) is 11.2. The molecule has 0 aromatic heterocycles. The van der Waals surface area contributed by atoms with E-state index in [0.717, 1.165) is 32.2 Å². The van der Waals surface area contributed by atoms with Gasteiger partial charge < -0.3 is 5.32 Å². The van der Waals surface area contributed by atoms with Gasteiger partial charge in [-0.1, -0.05) is 11.6 Å². The topological polar surface area (TPSA) is 29.1 Å². The summed E-state index contributed by atoms with van der Waals surface area (Å²) in [6.07, 6.45) is 7.21. The van der Waals surface area contributed by atoms with Crippen LogP contribution in [-0.4, -0.2) is 18.4 Å². The summed E-state index contributed by atoms with van der Waals surface area (Å²) in [5.41, 5.74) is 1.39. The Labute approximate surface area is 86.8 Å². The van der Waals surface area contributed by atoms with Crippen LogP contribution in [0.3, 0.4) is 0 Å². The van der Waals surface area contributed by atoms with E-state index in [-0.39, 0.29) is 0 Å². The first kappa shape index (κ1) is 11.4. The lowest BCUT2D eigenvalue weighted by Gasteiger charge is -2.22.